The Bertz CT molecular complexity index is 1380. The zero-order chi connectivity index (χ0) is 25.8. The van der Waals surface area contributed by atoms with E-state index in [4.69, 9.17) is 4.74 Å². The van der Waals surface area contributed by atoms with Gasteiger partial charge in [-0.25, -0.2) is 4.39 Å². The van der Waals surface area contributed by atoms with E-state index in [9.17, 15) is 14.3 Å². The first kappa shape index (κ1) is 25.2. The van der Waals surface area contributed by atoms with Gasteiger partial charge in [-0.2, -0.15) is 0 Å². The minimum absolute atomic E-state index is 0.0338. The fourth-order valence-corrected chi connectivity index (χ4v) is 5.13. The highest BCUT2D eigenvalue weighted by molar-refractivity contribution is 9.10. The summed E-state index contributed by atoms with van der Waals surface area (Å²) in [7, 11) is 0. The van der Waals surface area contributed by atoms with Crippen LogP contribution in [-0.2, 0) is 17.8 Å². The summed E-state index contributed by atoms with van der Waals surface area (Å²) >= 11 is 3.54. The largest absolute Gasteiger partial charge is 0.489 e. The van der Waals surface area contributed by atoms with Gasteiger partial charge in [0.1, 0.15) is 18.2 Å². The number of nitrogens with one attached hydrogen (secondary N) is 1. The number of β-lactam (4-membered cyclic amide) rings is 1. The topological polar surface area (TPSA) is 58.6 Å². The summed E-state index contributed by atoms with van der Waals surface area (Å²) < 4.78 is 20.4. The van der Waals surface area contributed by atoms with Gasteiger partial charge >= 0.3 is 0 Å². The Kier molecular flexibility index (Phi) is 7.68. The van der Waals surface area contributed by atoms with Crippen LogP contribution in [0.25, 0.3) is 0 Å². The lowest BCUT2D eigenvalue weighted by molar-refractivity contribution is -0.131. The van der Waals surface area contributed by atoms with Gasteiger partial charge in [-0.05, 0) is 59.4 Å². The first-order valence-electron chi connectivity index (χ1n) is 12.3. The maximum absolute atomic E-state index is 13.3. The molecule has 4 nitrogen and oxygen atoms in total. The van der Waals surface area contributed by atoms with Crippen LogP contribution in [0.15, 0.2) is 102 Å². The van der Waals surface area contributed by atoms with E-state index in [0.717, 1.165) is 32.5 Å². The molecule has 0 saturated carbocycles. The summed E-state index contributed by atoms with van der Waals surface area (Å²) in [5.74, 6) is -0.00582. The van der Waals surface area contributed by atoms with Crippen molar-refractivity contribution < 1.29 is 19.0 Å². The number of amides is 1. The van der Waals surface area contributed by atoms with Crippen molar-refractivity contribution in [3.63, 3.8) is 0 Å². The van der Waals surface area contributed by atoms with Crippen molar-refractivity contribution in [2.45, 2.75) is 37.5 Å². The van der Waals surface area contributed by atoms with E-state index < -0.39 is 6.10 Å². The Morgan fingerprint density at radius 2 is 1.65 bits per heavy atom. The number of aliphatic hydroxyl groups is 1. The van der Waals surface area contributed by atoms with Crippen LogP contribution in [-0.4, -0.2) is 11.0 Å². The molecule has 1 aliphatic rings. The highest BCUT2D eigenvalue weighted by Gasteiger charge is 2.43. The van der Waals surface area contributed by atoms with Crippen molar-refractivity contribution in [2.75, 3.05) is 0 Å². The van der Waals surface area contributed by atoms with Crippen LogP contribution in [0, 0.1) is 5.82 Å². The van der Waals surface area contributed by atoms with Crippen LogP contribution < -0.4 is 10.1 Å². The zero-order valence-electron chi connectivity index (χ0n) is 20.1. The highest BCUT2D eigenvalue weighted by atomic mass is 79.9. The van der Waals surface area contributed by atoms with Gasteiger partial charge in [-0.3, -0.25) is 4.79 Å². The number of rotatable bonds is 9. The lowest BCUT2D eigenvalue weighted by Gasteiger charge is -2.39. The fraction of sp³-hybridized carbons (Fsp3) is 0.194. The third-order valence-corrected chi connectivity index (χ3v) is 7.29. The number of hydrogen-bond acceptors (Lipinski definition) is 3. The van der Waals surface area contributed by atoms with Gasteiger partial charge < -0.3 is 15.2 Å². The van der Waals surface area contributed by atoms with E-state index in [-0.39, 0.29) is 23.7 Å². The first-order chi connectivity index (χ1) is 18.0. The molecule has 5 rings (SSSR count). The molecule has 1 amide bonds. The second-order valence-corrected chi connectivity index (χ2v) is 10.1. The second-order valence-electron chi connectivity index (χ2n) is 9.23. The molecule has 1 fully saturated rings. The molecule has 0 unspecified atom stereocenters. The molecule has 0 radical (unpaired) electrons. The number of aryl methyl sites for hydroxylation is 1. The normalized spacial score (nSPS) is 17.5. The quantitative estimate of drug-likeness (QED) is 0.222. The lowest BCUT2D eigenvalue weighted by Crippen LogP contribution is -2.50. The number of carbonyl (C=O) groups excluding carboxylic acids is 1. The predicted octanol–water partition coefficient (Wildman–Crippen LogP) is 6.79. The first-order valence-corrected chi connectivity index (χ1v) is 13.1. The fourth-order valence-electron chi connectivity index (χ4n) is 4.79. The Balaban J connectivity index is 1.36. The number of halogens is 2. The van der Waals surface area contributed by atoms with Crippen LogP contribution in [0.1, 0.15) is 52.3 Å². The van der Waals surface area contributed by atoms with Gasteiger partial charge in [0.15, 0.2) is 0 Å². The van der Waals surface area contributed by atoms with E-state index in [1.165, 1.54) is 12.1 Å². The number of hydrogen-bond donors (Lipinski definition) is 2. The summed E-state index contributed by atoms with van der Waals surface area (Å²) in [5, 5.41) is 13.7. The lowest BCUT2D eigenvalue weighted by atomic mass is 9.77. The van der Waals surface area contributed by atoms with Crippen molar-refractivity contribution in [1.82, 2.24) is 5.32 Å². The molecule has 4 aromatic rings. The summed E-state index contributed by atoms with van der Waals surface area (Å²) in [6.45, 7) is 0.424. The molecule has 37 heavy (non-hydrogen) atoms. The molecule has 1 heterocycles. The van der Waals surface area contributed by atoms with Gasteiger partial charge in [0.05, 0.1) is 18.1 Å². The van der Waals surface area contributed by atoms with Gasteiger partial charge in [0.2, 0.25) is 5.91 Å². The van der Waals surface area contributed by atoms with E-state index in [0.29, 0.717) is 25.0 Å². The molecule has 6 heteroatoms. The zero-order valence-corrected chi connectivity index (χ0v) is 21.7. The Hall–Kier alpha value is -3.48. The highest BCUT2D eigenvalue weighted by Crippen LogP contribution is 2.44. The van der Waals surface area contributed by atoms with Crippen molar-refractivity contribution in [3.05, 3.63) is 135 Å². The van der Waals surface area contributed by atoms with Gasteiger partial charge in [-0.15, -0.1) is 0 Å². The molecule has 0 bridgehead atoms. The van der Waals surface area contributed by atoms with Gasteiger partial charge in [0.25, 0.3) is 0 Å². The second kappa shape index (κ2) is 11.3. The monoisotopic (exact) mass is 559 g/mol. The molecule has 1 saturated heterocycles. The third kappa shape index (κ3) is 5.76. The Morgan fingerprint density at radius 3 is 2.41 bits per heavy atom. The number of carbonyl (C=O) groups is 1. The molecule has 0 aromatic heterocycles. The van der Waals surface area contributed by atoms with Crippen LogP contribution in [0.2, 0.25) is 0 Å². The molecular formula is C31H27BrFNO3. The Labute approximate surface area is 224 Å². The van der Waals surface area contributed by atoms with Crippen LogP contribution >= 0.6 is 15.9 Å². The molecule has 0 spiro atoms. The molecule has 0 aliphatic carbocycles. The third-order valence-electron chi connectivity index (χ3n) is 6.79. The van der Waals surface area contributed by atoms with Crippen LogP contribution in [0.3, 0.4) is 0 Å². The predicted molar refractivity (Wildman–Crippen MR) is 145 cm³/mol. The average Bonchev–Trinajstić information content (AvgIpc) is 2.91. The maximum Gasteiger partial charge on any atom is 0.230 e. The molecule has 3 atom stereocenters. The van der Waals surface area contributed by atoms with Crippen molar-refractivity contribution in [1.29, 1.82) is 0 Å². The number of aliphatic hydroxyl groups excluding tert-OH is 1. The van der Waals surface area contributed by atoms with Crippen LogP contribution in [0.4, 0.5) is 4.39 Å². The molecule has 4 aromatic carbocycles. The van der Waals surface area contributed by atoms with E-state index >= 15 is 0 Å². The van der Waals surface area contributed by atoms with E-state index in [1.807, 2.05) is 72.8 Å². The van der Waals surface area contributed by atoms with Crippen molar-refractivity contribution in [2.24, 2.45) is 0 Å². The SMILES string of the molecule is O=C1N[C@H](c2ccc(Br)cc2OCc2ccccc2)[C@H]1c1ccccc1CC[C@H](O)c1ccc(F)cc1. The average molecular weight is 560 g/mol. The Morgan fingerprint density at radius 1 is 0.919 bits per heavy atom. The van der Waals surface area contributed by atoms with E-state index in [1.54, 1.807) is 12.1 Å². The molecule has 1 aliphatic heterocycles. The van der Waals surface area contributed by atoms with Crippen LogP contribution in [0.5, 0.6) is 5.75 Å². The minimum Gasteiger partial charge on any atom is -0.489 e. The molecule has 188 valence electrons. The smallest absolute Gasteiger partial charge is 0.230 e. The van der Waals surface area contributed by atoms with Crippen molar-refractivity contribution >= 4 is 21.8 Å². The summed E-state index contributed by atoms with van der Waals surface area (Å²) in [6.07, 6.45) is 0.331. The maximum atomic E-state index is 13.3. The number of benzene rings is 4. The molecule has 2 N–H and O–H groups in total. The van der Waals surface area contributed by atoms with Crippen molar-refractivity contribution in [3.8, 4) is 5.75 Å². The molecular weight excluding hydrogens is 533 g/mol. The summed E-state index contributed by atoms with van der Waals surface area (Å²) in [5.41, 5.74) is 4.61. The van der Waals surface area contributed by atoms with Gasteiger partial charge in [-0.1, -0.05) is 88.7 Å². The minimum atomic E-state index is -0.718. The number of ether oxygens (including phenoxy) is 1. The van der Waals surface area contributed by atoms with E-state index in [2.05, 4.69) is 21.2 Å². The standard InChI is InChI=1S/C31H27BrFNO3/c32-23-13-16-26(28(18-23)37-19-20-6-2-1-3-7-20)30-29(31(36)34-30)25-9-5-4-8-21(25)12-17-27(35)22-10-14-24(33)15-11-22/h1-11,13-16,18,27,29-30,35H,12,17,19H2,(H,34,36)/t27-,29+,30+/m0/s1. The van der Waals surface area contributed by atoms with Gasteiger partial charge in [0, 0.05) is 10.0 Å². The summed E-state index contributed by atoms with van der Waals surface area (Å²) in [6, 6.07) is 29.4. The summed E-state index contributed by atoms with van der Waals surface area (Å²) in [4.78, 5) is 12.9.